The minimum atomic E-state index is -4.41. The molecule has 0 saturated heterocycles. The summed E-state index contributed by atoms with van der Waals surface area (Å²) in [6.07, 6.45) is -3.09. The number of nitrogens with zero attached hydrogens (tertiary/aromatic N) is 1. The number of hydrogen-bond acceptors (Lipinski definition) is 4. The van der Waals surface area contributed by atoms with Crippen molar-refractivity contribution >= 4 is 27.5 Å². The first-order valence-electron chi connectivity index (χ1n) is 5.20. The van der Waals surface area contributed by atoms with Crippen LogP contribution >= 0.6 is 11.3 Å². The van der Waals surface area contributed by atoms with E-state index in [-0.39, 0.29) is 11.7 Å². The van der Waals surface area contributed by atoms with Gasteiger partial charge in [-0.3, -0.25) is 9.78 Å². The van der Waals surface area contributed by atoms with Gasteiger partial charge in [0.15, 0.2) is 6.61 Å². The molecular formula is C11H9F3N2O2S. The maximum Gasteiger partial charge on any atom is 0.422 e. The molecule has 0 atom stereocenters. The van der Waals surface area contributed by atoms with Crippen molar-refractivity contribution in [3.05, 3.63) is 23.2 Å². The van der Waals surface area contributed by atoms with Gasteiger partial charge >= 0.3 is 6.18 Å². The van der Waals surface area contributed by atoms with Crippen molar-refractivity contribution < 1.29 is 22.7 Å². The molecule has 1 amide bonds. The topological polar surface area (TPSA) is 51.2 Å². The molecule has 0 saturated carbocycles. The molecule has 102 valence electrons. The van der Waals surface area contributed by atoms with Crippen molar-refractivity contribution in [1.29, 1.82) is 0 Å². The molecule has 1 N–H and O–H groups in total. The molecule has 0 bridgehead atoms. The second kappa shape index (κ2) is 5.04. The number of ether oxygens (including phenoxy) is 1. The third-order valence-electron chi connectivity index (χ3n) is 2.28. The summed E-state index contributed by atoms with van der Waals surface area (Å²) in [7, 11) is 1.47. The molecule has 2 aromatic rings. The van der Waals surface area contributed by atoms with E-state index in [1.807, 2.05) is 0 Å². The monoisotopic (exact) mass is 290 g/mol. The Morgan fingerprint density at radius 2 is 2.26 bits per heavy atom. The summed E-state index contributed by atoms with van der Waals surface area (Å²) in [4.78, 5) is 15.6. The lowest BCUT2D eigenvalue weighted by Crippen LogP contribution is -2.19. The van der Waals surface area contributed by atoms with Crippen LogP contribution in [0.2, 0.25) is 0 Å². The van der Waals surface area contributed by atoms with Crippen LogP contribution in [0.3, 0.4) is 0 Å². The third-order valence-corrected chi connectivity index (χ3v) is 3.26. The SMILES string of the molecule is CNC(=O)c1csc2c(OCC(F)(F)F)ccnc12. The lowest BCUT2D eigenvalue weighted by molar-refractivity contribution is -0.153. The van der Waals surface area contributed by atoms with Gasteiger partial charge in [0.2, 0.25) is 0 Å². The van der Waals surface area contributed by atoms with Crippen molar-refractivity contribution in [2.24, 2.45) is 0 Å². The number of pyridine rings is 1. The number of thiophene rings is 1. The largest absolute Gasteiger partial charge is 0.483 e. The predicted octanol–water partition coefficient (Wildman–Crippen LogP) is 2.60. The van der Waals surface area contributed by atoms with E-state index in [2.05, 4.69) is 10.3 Å². The van der Waals surface area contributed by atoms with Crippen molar-refractivity contribution in [1.82, 2.24) is 10.3 Å². The van der Waals surface area contributed by atoms with E-state index in [1.165, 1.54) is 24.7 Å². The van der Waals surface area contributed by atoms with Crippen LogP contribution in [0.4, 0.5) is 13.2 Å². The Balaban J connectivity index is 2.36. The van der Waals surface area contributed by atoms with Crippen LogP contribution < -0.4 is 10.1 Å². The van der Waals surface area contributed by atoms with Gasteiger partial charge in [-0.25, -0.2) is 0 Å². The molecule has 0 aromatic carbocycles. The maximum atomic E-state index is 12.1. The van der Waals surface area contributed by atoms with E-state index in [9.17, 15) is 18.0 Å². The van der Waals surface area contributed by atoms with Crippen molar-refractivity contribution in [2.75, 3.05) is 13.7 Å². The van der Waals surface area contributed by atoms with Crippen molar-refractivity contribution in [3.8, 4) is 5.75 Å². The fraction of sp³-hybridized carbons (Fsp3) is 0.273. The molecule has 8 heteroatoms. The quantitative estimate of drug-likeness (QED) is 0.945. The summed E-state index contributed by atoms with van der Waals surface area (Å²) in [5, 5.41) is 3.98. The highest BCUT2D eigenvalue weighted by molar-refractivity contribution is 7.18. The number of rotatable bonds is 3. The van der Waals surface area contributed by atoms with Gasteiger partial charge in [-0.2, -0.15) is 13.2 Å². The molecule has 0 aliphatic carbocycles. The molecule has 19 heavy (non-hydrogen) atoms. The standard InChI is InChI=1S/C11H9F3N2O2S/c1-15-10(17)6-4-19-9-7(2-3-16-8(6)9)18-5-11(12,13)14/h2-4H,5H2,1H3,(H,15,17). The summed E-state index contributed by atoms with van der Waals surface area (Å²) >= 11 is 1.12. The van der Waals surface area contributed by atoms with E-state index < -0.39 is 12.8 Å². The van der Waals surface area contributed by atoms with Gasteiger partial charge in [0, 0.05) is 18.6 Å². The summed E-state index contributed by atoms with van der Waals surface area (Å²) in [6, 6.07) is 1.35. The molecule has 0 fully saturated rings. The lowest BCUT2D eigenvalue weighted by Gasteiger charge is -2.09. The van der Waals surface area contributed by atoms with Crippen LogP contribution in [0.25, 0.3) is 10.2 Å². The number of carbonyl (C=O) groups excluding carboxylic acids is 1. The highest BCUT2D eigenvalue weighted by Crippen LogP contribution is 2.33. The molecule has 2 rings (SSSR count). The minimum absolute atomic E-state index is 0.0717. The number of halogens is 3. The molecule has 2 aromatic heterocycles. The lowest BCUT2D eigenvalue weighted by atomic mass is 10.2. The van der Waals surface area contributed by atoms with Gasteiger partial charge in [0.05, 0.1) is 15.8 Å². The molecule has 2 heterocycles. The molecule has 0 spiro atoms. The molecule has 0 unspecified atom stereocenters. The molecule has 0 radical (unpaired) electrons. The van der Waals surface area contributed by atoms with Crippen molar-refractivity contribution in [3.63, 3.8) is 0 Å². The molecule has 4 nitrogen and oxygen atoms in total. The Morgan fingerprint density at radius 3 is 2.89 bits per heavy atom. The van der Waals surface area contributed by atoms with Gasteiger partial charge in [-0.15, -0.1) is 11.3 Å². The zero-order chi connectivity index (χ0) is 14.0. The fourth-order valence-corrected chi connectivity index (χ4v) is 2.45. The average Bonchev–Trinajstić information content (AvgIpc) is 2.78. The van der Waals surface area contributed by atoms with E-state index in [1.54, 1.807) is 0 Å². The molecule has 0 aliphatic heterocycles. The number of aromatic nitrogens is 1. The first-order chi connectivity index (χ1) is 8.92. The zero-order valence-electron chi connectivity index (χ0n) is 9.75. The first-order valence-corrected chi connectivity index (χ1v) is 6.08. The second-order valence-corrected chi connectivity index (χ2v) is 4.50. The van der Waals surface area contributed by atoms with Gasteiger partial charge in [-0.1, -0.05) is 0 Å². The first kappa shape index (κ1) is 13.6. The predicted molar refractivity (Wildman–Crippen MR) is 64.6 cm³/mol. The van der Waals surface area contributed by atoms with Crippen LogP contribution in [-0.4, -0.2) is 30.7 Å². The summed E-state index contributed by atoms with van der Waals surface area (Å²) in [5.74, 6) is -0.269. The Kier molecular flexibility index (Phi) is 3.61. The average molecular weight is 290 g/mol. The Labute approximate surface area is 110 Å². The number of carbonyl (C=O) groups is 1. The van der Waals surface area contributed by atoms with Crippen molar-refractivity contribution in [2.45, 2.75) is 6.18 Å². The Morgan fingerprint density at radius 1 is 1.53 bits per heavy atom. The summed E-state index contributed by atoms with van der Waals surface area (Å²) in [5.41, 5.74) is 0.656. The summed E-state index contributed by atoms with van der Waals surface area (Å²) < 4.78 is 41.5. The zero-order valence-corrected chi connectivity index (χ0v) is 10.6. The highest BCUT2D eigenvalue weighted by Gasteiger charge is 2.29. The Bertz CT molecular complexity index is 609. The van der Waals surface area contributed by atoms with Crippen LogP contribution in [0.1, 0.15) is 10.4 Å². The minimum Gasteiger partial charge on any atom is -0.483 e. The normalized spacial score (nSPS) is 11.6. The van der Waals surface area contributed by atoms with E-state index in [0.717, 1.165) is 11.3 Å². The van der Waals surface area contributed by atoms with Crippen LogP contribution in [0.5, 0.6) is 5.75 Å². The van der Waals surface area contributed by atoms with E-state index in [0.29, 0.717) is 15.8 Å². The van der Waals surface area contributed by atoms with Crippen LogP contribution in [-0.2, 0) is 0 Å². The number of amides is 1. The Hall–Kier alpha value is -1.83. The summed E-state index contributed by atoms with van der Waals surface area (Å²) in [6.45, 7) is -1.38. The number of hydrogen-bond donors (Lipinski definition) is 1. The van der Waals surface area contributed by atoms with E-state index >= 15 is 0 Å². The van der Waals surface area contributed by atoms with Crippen LogP contribution in [0.15, 0.2) is 17.6 Å². The van der Waals surface area contributed by atoms with Gasteiger partial charge in [0.25, 0.3) is 5.91 Å². The van der Waals surface area contributed by atoms with Crippen LogP contribution in [0, 0.1) is 0 Å². The number of nitrogens with one attached hydrogen (secondary N) is 1. The highest BCUT2D eigenvalue weighted by atomic mass is 32.1. The molecular weight excluding hydrogens is 281 g/mol. The van der Waals surface area contributed by atoms with E-state index in [4.69, 9.17) is 4.74 Å². The number of fused-ring (bicyclic) bond motifs is 1. The van der Waals surface area contributed by atoms with Gasteiger partial charge < -0.3 is 10.1 Å². The van der Waals surface area contributed by atoms with Gasteiger partial charge in [-0.05, 0) is 6.07 Å². The van der Waals surface area contributed by atoms with Gasteiger partial charge in [0.1, 0.15) is 5.75 Å². The smallest absolute Gasteiger partial charge is 0.422 e. The number of alkyl halides is 3. The second-order valence-electron chi connectivity index (χ2n) is 3.62. The maximum absolute atomic E-state index is 12.1. The fourth-order valence-electron chi connectivity index (χ4n) is 1.48. The molecule has 0 aliphatic rings. The third kappa shape index (κ3) is 2.95.